The summed E-state index contributed by atoms with van der Waals surface area (Å²) in [6, 6.07) is 10.1. The number of hydrogen-bond donors (Lipinski definition) is 0. The first-order valence-electron chi connectivity index (χ1n) is 4.71. The van der Waals surface area contributed by atoms with Gasteiger partial charge in [-0.3, -0.25) is 4.40 Å². The number of nitrogens with zero attached hydrogens (tertiary/aromatic N) is 3. The minimum Gasteiger partial charge on any atom is -0.282 e. The quantitative estimate of drug-likeness (QED) is 0.624. The maximum Gasteiger partial charge on any atom is 0.178 e. The van der Waals surface area contributed by atoms with Gasteiger partial charge in [0.05, 0.1) is 4.88 Å². The normalized spacial score (nSPS) is 11.0. The summed E-state index contributed by atoms with van der Waals surface area (Å²) in [6.45, 7) is 2.09. The van der Waals surface area contributed by atoms with Crippen LogP contribution in [-0.4, -0.2) is 14.6 Å². The maximum atomic E-state index is 4.20. The molecule has 3 aromatic rings. The number of fused-ring (bicyclic) bond motifs is 1. The molecule has 0 spiro atoms. The summed E-state index contributed by atoms with van der Waals surface area (Å²) in [5.41, 5.74) is 0.888. The number of pyridine rings is 1. The van der Waals surface area contributed by atoms with Crippen molar-refractivity contribution in [3.8, 4) is 10.7 Å². The van der Waals surface area contributed by atoms with Crippen LogP contribution in [0, 0.1) is 6.92 Å². The highest BCUT2D eigenvalue weighted by Crippen LogP contribution is 2.26. The van der Waals surface area contributed by atoms with Crippen LogP contribution < -0.4 is 0 Å². The van der Waals surface area contributed by atoms with Crippen LogP contribution in [-0.2, 0) is 0 Å². The number of aryl methyl sites for hydroxylation is 1. The number of rotatable bonds is 1. The third kappa shape index (κ3) is 1.34. The smallest absolute Gasteiger partial charge is 0.178 e. The Hall–Kier alpha value is -1.68. The molecule has 0 saturated heterocycles. The highest BCUT2D eigenvalue weighted by Gasteiger charge is 2.08. The van der Waals surface area contributed by atoms with Crippen LogP contribution in [0.1, 0.15) is 4.88 Å². The molecule has 0 bridgehead atoms. The lowest BCUT2D eigenvalue weighted by Gasteiger charge is -1.94. The van der Waals surface area contributed by atoms with Crippen molar-refractivity contribution >= 4 is 17.0 Å². The molecule has 0 aliphatic rings. The first kappa shape index (κ1) is 8.61. The van der Waals surface area contributed by atoms with Crippen LogP contribution in [0.15, 0.2) is 36.5 Å². The van der Waals surface area contributed by atoms with E-state index in [2.05, 4.69) is 29.3 Å². The summed E-state index contributed by atoms with van der Waals surface area (Å²) in [7, 11) is 0. The van der Waals surface area contributed by atoms with Gasteiger partial charge >= 0.3 is 0 Å². The van der Waals surface area contributed by atoms with E-state index in [0.717, 1.165) is 16.3 Å². The Labute approximate surface area is 91.0 Å². The number of aromatic nitrogens is 3. The lowest BCUT2D eigenvalue weighted by molar-refractivity contribution is 1.12. The van der Waals surface area contributed by atoms with E-state index in [9.17, 15) is 0 Å². The van der Waals surface area contributed by atoms with Gasteiger partial charge in [-0.05, 0) is 31.2 Å². The summed E-state index contributed by atoms with van der Waals surface area (Å²) in [4.78, 5) is 2.45. The predicted octanol–water partition coefficient (Wildman–Crippen LogP) is 2.77. The number of hydrogen-bond acceptors (Lipinski definition) is 3. The first-order valence-corrected chi connectivity index (χ1v) is 5.53. The van der Waals surface area contributed by atoms with E-state index >= 15 is 0 Å². The fourth-order valence-corrected chi connectivity index (χ4v) is 2.41. The lowest BCUT2D eigenvalue weighted by atomic mass is 10.4. The molecule has 3 nitrogen and oxygen atoms in total. The molecular weight excluding hydrogens is 206 g/mol. The van der Waals surface area contributed by atoms with Gasteiger partial charge in [0.25, 0.3) is 0 Å². The SMILES string of the molecule is Cc1ccc(-c2nnc3ccccn23)s1. The van der Waals surface area contributed by atoms with E-state index in [1.54, 1.807) is 11.3 Å². The molecule has 74 valence electrons. The predicted molar refractivity (Wildman–Crippen MR) is 61.0 cm³/mol. The molecular formula is C11H9N3S. The zero-order chi connectivity index (χ0) is 10.3. The Bertz CT molecular complexity index is 609. The maximum absolute atomic E-state index is 4.20. The minimum atomic E-state index is 0.888. The Morgan fingerprint density at radius 3 is 2.87 bits per heavy atom. The van der Waals surface area contributed by atoms with Gasteiger partial charge in [-0.2, -0.15) is 0 Å². The average Bonchev–Trinajstić information content (AvgIpc) is 2.83. The fourth-order valence-electron chi connectivity index (χ4n) is 1.56. The fraction of sp³-hybridized carbons (Fsp3) is 0.0909. The molecule has 0 aliphatic carbocycles. The van der Waals surface area contributed by atoms with Gasteiger partial charge in [-0.25, -0.2) is 0 Å². The van der Waals surface area contributed by atoms with Gasteiger partial charge in [0.1, 0.15) is 0 Å². The molecule has 3 rings (SSSR count). The summed E-state index contributed by atoms with van der Waals surface area (Å²) in [5, 5.41) is 8.33. The lowest BCUT2D eigenvalue weighted by Crippen LogP contribution is -1.85. The molecule has 0 fully saturated rings. The molecule has 3 heterocycles. The third-order valence-electron chi connectivity index (χ3n) is 2.27. The Morgan fingerprint density at radius 2 is 2.07 bits per heavy atom. The van der Waals surface area contributed by atoms with Gasteiger partial charge < -0.3 is 0 Å². The zero-order valence-electron chi connectivity index (χ0n) is 8.21. The van der Waals surface area contributed by atoms with Gasteiger partial charge in [0.15, 0.2) is 11.5 Å². The second-order valence-corrected chi connectivity index (χ2v) is 4.65. The molecule has 4 heteroatoms. The summed E-state index contributed by atoms with van der Waals surface area (Å²) in [5.74, 6) is 0.920. The zero-order valence-corrected chi connectivity index (χ0v) is 9.03. The van der Waals surface area contributed by atoms with Crippen LogP contribution >= 0.6 is 11.3 Å². The molecule has 0 amide bonds. The van der Waals surface area contributed by atoms with Crippen LogP contribution in [0.4, 0.5) is 0 Å². The van der Waals surface area contributed by atoms with Crippen molar-refractivity contribution in [2.45, 2.75) is 6.92 Å². The minimum absolute atomic E-state index is 0.888. The topological polar surface area (TPSA) is 30.2 Å². The Morgan fingerprint density at radius 1 is 1.13 bits per heavy atom. The van der Waals surface area contributed by atoms with Gasteiger partial charge in [0.2, 0.25) is 0 Å². The Balaban J connectivity index is 2.27. The van der Waals surface area contributed by atoms with Crippen molar-refractivity contribution in [3.63, 3.8) is 0 Å². The second-order valence-electron chi connectivity index (χ2n) is 3.36. The summed E-state index contributed by atoms with van der Waals surface area (Å²) >= 11 is 1.74. The van der Waals surface area contributed by atoms with E-state index in [4.69, 9.17) is 0 Å². The summed E-state index contributed by atoms with van der Waals surface area (Å²) < 4.78 is 2.01. The molecule has 0 saturated carbocycles. The van der Waals surface area contributed by atoms with E-state index < -0.39 is 0 Å². The summed E-state index contributed by atoms with van der Waals surface area (Å²) in [6.07, 6.45) is 1.99. The van der Waals surface area contributed by atoms with Crippen LogP contribution in [0.25, 0.3) is 16.3 Å². The standard InChI is InChI=1S/C11H9N3S/c1-8-5-6-9(15-8)11-13-12-10-4-2-3-7-14(10)11/h2-7H,1H3. The van der Waals surface area contributed by atoms with Gasteiger partial charge in [0, 0.05) is 11.1 Å². The highest BCUT2D eigenvalue weighted by atomic mass is 32.1. The van der Waals surface area contributed by atoms with Crippen molar-refractivity contribution in [1.29, 1.82) is 0 Å². The van der Waals surface area contributed by atoms with Crippen molar-refractivity contribution in [2.24, 2.45) is 0 Å². The van der Waals surface area contributed by atoms with E-state index in [1.807, 2.05) is 28.8 Å². The van der Waals surface area contributed by atoms with Crippen LogP contribution in [0.2, 0.25) is 0 Å². The second kappa shape index (κ2) is 3.17. The average molecular weight is 215 g/mol. The highest BCUT2D eigenvalue weighted by molar-refractivity contribution is 7.15. The van der Waals surface area contributed by atoms with E-state index in [1.165, 1.54) is 4.88 Å². The molecule has 15 heavy (non-hydrogen) atoms. The van der Waals surface area contributed by atoms with Gasteiger partial charge in [-0.15, -0.1) is 21.5 Å². The monoisotopic (exact) mass is 215 g/mol. The first-order chi connectivity index (χ1) is 7.34. The molecule has 0 radical (unpaired) electrons. The molecule has 0 aliphatic heterocycles. The van der Waals surface area contributed by atoms with Gasteiger partial charge in [-0.1, -0.05) is 6.07 Å². The van der Waals surface area contributed by atoms with Crippen molar-refractivity contribution in [3.05, 3.63) is 41.4 Å². The molecule has 0 atom stereocenters. The molecule has 3 aromatic heterocycles. The van der Waals surface area contributed by atoms with Crippen LogP contribution in [0.3, 0.4) is 0 Å². The Kier molecular flexibility index (Phi) is 1.82. The van der Waals surface area contributed by atoms with E-state index in [0.29, 0.717) is 0 Å². The van der Waals surface area contributed by atoms with Crippen molar-refractivity contribution in [2.75, 3.05) is 0 Å². The number of thiophene rings is 1. The molecule has 0 aromatic carbocycles. The molecule has 0 unspecified atom stereocenters. The van der Waals surface area contributed by atoms with Crippen molar-refractivity contribution < 1.29 is 0 Å². The third-order valence-corrected chi connectivity index (χ3v) is 3.27. The van der Waals surface area contributed by atoms with E-state index in [-0.39, 0.29) is 0 Å². The van der Waals surface area contributed by atoms with Crippen molar-refractivity contribution in [1.82, 2.24) is 14.6 Å². The van der Waals surface area contributed by atoms with Crippen LogP contribution in [0.5, 0.6) is 0 Å². The molecule has 0 N–H and O–H groups in total. The largest absolute Gasteiger partial charge is 0.282 e.